The number of halogens is 3. The van der Waals surface area contributed by atoms with Crippen molar-refractivity contribution in [3.8, 4) is 0 Å². The van der Waals surface area contributed by atoms with Crippen LogP contribution in [0.4, 0.5) is 13.2 Å². The van der Waals surface area contributed by atoms with Gasteiger partial charge >= 0.3 is 6.18 Å². The molecule has 0 radical (unpaired) electrons. The van der Waals surface area contributed by atoms with Crippen LogP contribution in [0.5, 0.6) is 0 Å². The van der Waals surface area contributed by atoms with Crippen molar-refractivity contribution >= 4 is 5.96 Å². The van der Waals surface area contributed by atoms with Crippen molar-refractivity contribution in [2.45, 2.75) is 39.5 Å². The monoisotopic (exact) mass is 344 g/mol. The Balaban J connectivity index is 2.44. The van der Waals surface area contributed by atoms with Gasteiger partial charge in [-0.3, -0.25) is 9.89 Å². The van der Waals surface area contributed by atoms with Gasteiger partial charge in [0.25, 0.3) is 0 Å². The van der Waals surface area contributed by atoms with Crippen LogP contribution in [0.2, 0.25) is 0 Å². The molecule has 1 rings (SSSR count). The quantitative estimate of drug-likeness (QED) is 0.590. The van der Waals surface area contributed by atoms with Gasteiger partial charge in [0, 0.05) is 32.7 Å². The second-order valence-electron chi connectivity index (χ2n) is 5.77. The van der Waals surface area contributed by atoms with Gasteiger partial charge in [-0.1, -0.05) is 19.1 Å². The zero-order valence-corrected chi connectivity index (χ0v) is 14.7. The molecule has 136 valence electrons. The summed E-state index contributed by atoms with van der Waals surface area (Å²) in [7, 11) is 1.67. The van der Waals surface area contributed by atoms with Crippen molar-refractivity contribution in [2.24, 2.45) is 4.99 Å². The standard InChI is InChI=1S/C17H27F3N4/c1-5-24(13(2)3)11-10-22-16(21-4)23-12-14-6-8-15(9-7-14)17(18,19)20/h6-9,13H,5,10-12H2,1-4H3,(H2,21,22,23). The minimum atomic E-state index is -4.30. The Labute approximate surface area is 142 Å². The van der Waals surface area contributed by atoms with Gasteiger partial charge in [-0.05, 0) is 38.1 Å². The maximum Gasteiger partial charge on any atom is 0.416 e. The highest BCUT2D eigenvalue weighted by molar-refractivity contribution is 5.79. The van der Waals surface area contributed by atoms with Gasteiger partial charge in [-0.25, -0.2) is 0 Å². The summed E-state index contributed by atoms with van der Waals surface area (Å²) in [5, 5.41) is 6.32. The molecule has 0 aliphatic carbocycles. The third-order valence-electron chi connectivity index (χ3n) is 3.79. The fourth-order valence-electron chi connectivity index (χ4n) is 2.32. The number of hydrogen-bond donors (Lipinski definition) is 2. The summed E-state index contributed by atoms with van der Waals surface area (Å²) < 4.78 is 37.6. The second-order valence-corrected chi connectivity index (χ2v) is 5.77. The molecule has 24 heavy (non-hydrogen) atoms. The summed E-state index contributed by atoms with van der Waals surface area (Å²) in [6.07, 6.45) is -4.30. The van der Waals surface area contributed by atoms with Gasteiger partial charge in [0.2, 0.25) is 0 Å². The van der Waals surface area contributed by atoms with Gasteiger partial charge in [0.1, 0.15) is 0 Å². The molecule has 4 nitrogen and oxygen atoms in total. The molecule has 0 fully saturated rings. The molecular formula is C17H27F3N4. The van der Waals surface area contributed by atoms with Crippen LogP contribution in [-0.2, 0) is 12.7 Å². The number of guanidine groups is 1. The van der Waals surface area contributed by atoms with E-state index in [1.54, 1.807) is 7.05 Å². The lowest BCUT2D eigenvalue weighted by Crippen LogP contribution is -2.42. The number of alkyl halides is 3. The van der Waals surface area contributed by atoms with E-state index in [2.05, 4.69) is 41.3 Å². The lowest BCUT2D eigenvalue weighted by atomic mass is 10.1. The lowest BCUT2D eigenvalue weighted by molar-refractivity contribution is -0.137. The summed E-state index contributed by atoms with van der Waals surface area (Å²) in [6.45, 7) is 9.48. The van der Waals surface area contributed by atoms with Crippen LogP contribution in [0, 0.1) is 0 Å². The Morgan fingerprint density at radius 3 is 2.25 bits per heavy atom. The highest BCUT2D eigenvalue weighted by Gasteiger charge is 2.29. The Kier molecular flexibility index (Phi) is 8.04. The van der Waals surface area contributed by atoms with Crippen molar-refractivity contribution in [3.63, 3.8) is 0 Å². The normalized spacial score (nSPS) is 12.8. The summed E-state index contributed by atoms with van der Waals surface area (Å²) >= 11 is 0. The molecule has 1 aromatic carbocycles. The molecule has 0 amide bonds. The summed E-state index contributed by atoms with van der Waals surface area (Å²) in [5.41, 5.74) is 0.130. The Bertz CT molecular complexity index is 510. The van der Waals surface area contributed by atoms with Gasteiger partial charge < -0.3 is 10.6 Å². The molecule has 0 aliphatic heterocycles. The molecule has 0 atom stereocenters. The van der Waals surface area contributed by atoms with Crippen LogP contribution in [-0.4, -0.2) is 43.6 Å². The highest BCUT2D eigenvalue weighted by Crippen LogP contribution is 2.28. The highest BCUT2D eigenvalue weighted by atomic mass is 19.4. The van der Waals surface area contributed by atoms with Crippen LogP contribution >= 0.6 is 0 Å². The Morgan fingerprint density at radius 1 is 1.17 bits per heavy atom. The smallest absolute Gasteiger partial charge is 0.355 e. The number of nitrogens with one attached hydrogen (secondary N) is 2. The SMILES string of the molecule is CCN(CCNC(=NC)NCc1ccc(C(F)(F)F)cc1)C(C)C. The molecular weight excluding hydrogens is 317 g/mol. The van der Waals surface area contributed by atoms with Crippen molar-refractivity contribution < 1.29 is 13.2 Å². The predicted octanol–water partition coefficient (Wildman–Crippen LogP) is 3.10. The molecule has 0 aromatic heterocycles. The maximum absolute atomic E-state index is 12.5. The van der Waals surface area contributed by atoms with E-state index in [0.29, 0.717) is 18.5 Å². The van der Waals surface area contributed by atoms with Gasteiger partial charge in [-0.2, -0.15) is 13.2 Å². The van der Waals surface area contributed by atoms with Crippen LogP contribution in [0.1, 0.15) is 31.9 Å². The minimum Gasteiger partial charge on any atom is -0.355 e. The maximum atomic E-state index is 12.5. The van der Waals surface area contributed by atoms with Crippen molar-refractivity contribution in [1.29, 1.82) is 0 Å². The zero-order chi connectivity index (χ0) is 18.2. The van der Waals surface area contributed by atoms with E-state index in [-0.39, 0.29) is 0 Å². The first-order chi connectivity index (χ1) is 11.3. The molecule has 2 N–H and O–H groups in total. The minimum absolute atomic E-state index is 0.416. The summed E-state index contributed by atoms with van der Waals surface area (Å²) in [5.74, 6) is 0.634. The van der Waals surface area contributed by atoms with E-state index >= 15 is 0 Å². The molecule has 0 spiro atoms. The number of likely N-dealkylation sites (N-methyl/N-ethyl adjacent to an activating group) is 1. The first-order valence-corrected chi connectivity index (χ1v) is 8.12. The van der Waals surface area contributed by atoms with Crippen molar-refractivity contribution in [2.75, 3.05) is 26.7 Å². The van der Waals surface area contributed by atoms with Gasteiger partial charge in [-0.15, -0.1) is 0 Å². The van der Waals surface area contributed by atoms with Crippen molar-refractivity contribution in [1.82, 2.24) is 15.5 Å². The average Bonchev–Trinajstić information content (AvgIpc) is 2.53. The first kappa shape index (κ1) is 20.3. The second kappa shape index (κ2) is 9.52. The number of aliphatic imine (C=N–C) groups is 1. The number of hydrogen-bond acceptors (Lipinski definition) is 2. The molecule has 1 aromatic rings. The van der Waals surface area contributed by atoms with E-state index in [4.69, 9.17) is 0 Å². The van der Waals surface area contributed by atoms with Crippen molar-refractivity contribution in [3.05, 3.63) is 35.4 Å². The van der Waals surface area contributed by atoms with Crippen LogP contribution < -0.4 is 10.6 Å². The molecule has 0 heterocycles. The Hall–Kier alpha value is -1.76. The molecule has 7 heteroatoms. The zero-order valence-electron chi connectivity index (χ0n) is 14.7. The average molecular weight is 344 g/mol. The molecule has 0 bridgehead atoms. The third-order valence-corrected chi connectivity index (χ3v) is 3.79. The van der Waals surface area contributed by atoms with E-state index < -0.39 is 11.7 Å². The fourth-order valence-corrected chi connectivity index (χ4v) is 2.32. The first-order valence-electron chi connectivity index (χ1n) is 8.12. The lowest BCUT2D eigenvalue weighted by Gasteiger charge is -2.25. The fraction of sp³-hybridized carbons (Fsp3) is 0.588. The third kappa shape index (κ3) is 6.78. The van der Waals surface area contributed by atoms with Gasteiger partial charge in [0.05, 0.1) is 5.56 Å². The van der Waals surface area contributed by atoms with Crippen LogP contribution in [0.25, 0.3) is 0 Å². The number of benzene rings is 1. The van der Waals surface area contributed by atoms with E-state index in [1.165, 1.54) is 12.1 Å². The number of nitrogens with zero attached hydrogens (tertiary/aromatic N) is 2. The largest absolute Gasteiger partial charge is 0.416 e. The molecule has 0 saturated heterocycles. The van der Waals surface area contributed by atoms with E-state index in [0.717, 1.165) is 37.3 Å². The van der Waals surface area contributed by atoms with Crippen LogP contribution in [0.15, 0.2) is 29.3 Å². The van der Waals surface area contributed by atoms with E-state index in [1.807, 2.05) is 0 Å². The topological polar surface area (TPSA) is 39.7 Å². The predicted molar refractivity (Wildman–Crippen MR) is 92.0 cm³/mol. The molecule has 0 aliphatic rings. The van der Waals surface area contributed by atoms with Crippen LogP contribution in [0.3, 0.4) is 0 Å². The number of rotatable bonds is 7. The summed E-state index contributed by atoms with van der Waals surface area (Å²) in [6, 6.07) is 5.62. The summed E-state index contributed by atoms with van der Waals surface area (Å²) in [4.78, 5) is 6.45. The molecule has 0 saturated carbocycles. The Morgan fingerprint density at radius 2 is 1.79 bits per heavy atom. The molecule has 0 unspecified atom stereocenters. The van der Waals surface area contributed by atoms with E-state index in [9.17, 15) is 13.2 Å². The van der Waals surface area contributed by atoms with Gasteiger partial charge in [0.15, 0.2) is 5.96 Å².